The number of likely N-dealkylation sites (N-methyl/N-ethyl adjacent to an activating group) is 2. The second-order valence-electron chi connectivity index (χ2n) is 5.98. The third-order valence-corrected chi connectivity index (χ3v) is 5.88. The van der Waals surface area contributed by atoms with Gasteiger partial charge in [-0.1, -0.05) is 20.8 Å². The van der Waals surface area contributed by atoms with E-state index in [0.717, 1.165) is 26.1 Å². The number of nitrogens with one attached hydrogen (secondary N) is 1. The van der Waals surface area contributed by atoms with Gasteiger partial charge in [-0.2, -0.15) is 0 Å². The summed E-state index contributed by atoms with van der Waals surface area (Å²) in [7, 11) is -1.39. The maximum Gasteiger partial charge on any atom is 0.213 e. The monoisotopic (exact) mass is 305 g/mol. The second-order valence-corrected chi connectivity index (χ2v) is 8.18. The van der Waals surface area contributed by atoms with Crippen molar-refractivity contribution >= 4 is 10.0 Å². The van der Waals surface area contributed by atoms with Gasteiger partial charge in [-0.05, 0) is 38.9 Å². The standard InChI is InChI=1S/C14H31N3O2S/c1-5-17-10-6-8-14(17)12-16(4)20(18,19)11-7-9-15-13(2)3/h13-15H,5-12H2,1-4H3. The lowest BCUT2D eigenvalue weighted by atomic mass is 10.2. The average molecular weight is 305 g/mol. The Morgan fingerprint density at radius 2 is 2.10 bits per heavy atom. The first-order chi connectivity index (χ1) is 9.36. The highest BCUT2D eigenvalue weighted by Crippen LogP contribution is 2.18. The molecule has 20 heavy (non-hydrogen) atoms. The summed E-state index contributed by atoms with van der Waals surface area (Å²) in [5, 5.41) is 3.26. The molecule has 0 aromatic carbocycles. The summed E-state index contributed by atoms with van der Waals surface area (Å²) in [5.41, 5.74) is 0. The van der Waals surface area contributed by atoms with Gasteiger partial charge in [0.15, 0.2) is 0 Å². The van der Waals surface area contributed by atoms with Crippen molar-refractivity contribution in [2.45, 2.75) is 52.1 Å². The zero-order valence-corrected chi connectivity index (χ0v) is 14.2. The summed E-state index contributed by atoms with van der Waals surface area (Å²) in [4.78, 5) is 2.38. The van der Waals surface area contributed by atoms with E-state index in [1.807, 2.05) is 0 Å². The lowest BCUT2D eigenvalue weighted by Gasteiger charge is -2.27. The van der Waals surface area contributed by atoms with Crippen LogP contribution in [0.1, 0.15) is 40.0 Å². The van der Waals surface area contributed by atoms with Crippen LogP contribution in [-0.4, -0.2) is 68.7 Å². The molecule has 1 saturated heterocycles. The van der Waals surface area contributed by atoms with Crippen LogP contribution in [0.5, 0.6) is 0 Å². The zero-order chi connectivity index (χ0) is 15.2. The fraction of sp³-hybridized carbons (Fsp3) is 1.00. The van der Waals surface area contributed by atoms with Crippen LogP contribution in [0.2, 0.25) is 0 Å². The van der Waals surface area contributed by atoms with Gasteiger partial charge in [0.25, 0.3) is 0 Å². The molecule has 1 fully saturated rings. The van der Waals surface area contributed by atoms with Crippen LogP contribution >= 0.6 is 0 Å². The lowest BCUT2D eigenvalue weighted by Crippen LogP contribution is -2.42. The Morgan fingerprint density at radius 3 is 2.70 bits per heavy atom. The van der Waals surface area contributed by atoms with Crippen molar-refractivity contribution in [1.82, 2.24) is 14.5 Å². The molecule has 0 aliphatic carbocycles. The van der Waals surface area contributed by atoms with Crippen LogP contribution in [0.4, 0.5) is 0 Å². The molecule has 5 nitrogen and oxygen atoms in total. The molecular weight excluding hydrogens is 274 g/mol. The van der Waals surface area contributed by atoms with Gasteiger partial charge in [0, 0.05) is 25.7 Å². The third-order valence-electron chi connectivity index (χ3n) is 3.98. The molecule has 6 heteroatoms. The highest BCUT2D eigenvalue weighted by molar-refractivity contribution is 7.89. The Labute approximate surface area is 124 Å². The molecule has 1 aliphatic heterocycles. The van der Waals surface area contributed by atoms with Crippen LogP contribution in [0.25, 0.3) is 0 Å². The normalized spacial score (nSPS) is 21.2. The number of nitrogens with zero attached hydrogens (tertiary/aromatic N) is 2. The molecule has 1 N–H and O–H groups in total. The fourth-order valence-electron chi connectivity index (χ4n) is 2.73. The van der Waals surface area contributed by atoms with Crippen molar-refractivity contribution in [2.24, 2.45) is 0 Å². The Bertz CT molecular complexity index is 371. The van der Waals surface area contributed by atoms with Crippen molar-refractivity contribution in [3.05, 3.63) is 0 Å². The summed E-state index contributed by atoms with van der Waals surface area (Å²) in [6.07, 6.45) is 2.97. The first-order valence-corrected chi connectivity index (χ1v) is 9.39. The van der Waals surface area contributed by atoms with Crippen molar-refractivity contribution < 1.29 is 8.42 Å². The van der Waals surface area contributed by atoms with E-state index in [1.54, 1.807) is 11.4 Å². The smallest absolute Gasteiger partial charge is 0.213 e. The predicted octanol–water partition coefficient (Wildman–Crippen LogP) is 1.12. The van der Waals surface area contributed by atoms with E-state index in [0.29, 0.717) is 25.0 Å². The van der Waals surface area contributed by atoms with Gasteiger partial charge in [-0.25, -0.2) is 12.7 Å². The Hall–Kier alpha value is -0.170. The van der Waals surface area contributed by atoms with Crippen LogP contribution in [0.15, 0.2) is 0 Å². The van der Waals surface area contributed by atoms with E-state index in [-0.39, 0.29) is 5.75 Å². The molecule has 0 aromatic heterocycles. The quantitative estimate of drug-likeness (QED) is 0.649. The maximum atomic E-state index is 12.2. The summed E-state index contributed by atoms with van der Waals surface area (Å²) in [6.45, 7) is 9.79. The Kier molecular flexibility index (Phi) is 7.43. The fourth-order valence-corrected chi connectivity index (χ4v) is 3.95. The minimum atomic E-state index is -3.11. The molecule has 0 aromatic rings. The molecule has 1 heterocycles. The first-order valence-electron chi connectivity index (χ1n) is 7.78. The van der Waals surface area contributed by atoms with E-state index in [9.17, 15) is 8.42 Å². The molecule has 1 rings (SSSR count). The first kappa shape index (κ1) is 17.9. The van der Waals surface area contributed by atoms with Crippen molar-refractivity contribution in [1.29, 1.82) is 0 Å². The second kappa shape index (κ2) is 8.32. The van der Waals surface area contributed by atoms with Gasteiger partial charge in [0.1, 0.15) is 0 Å². The van der Waals surface area contributed by atoms with Gasteiger partial charge >= 0.3 is 0 Å². The molecule has 0 amide bonds. The molecule has 0 saturated carbocycles. The lowest BCUT2D eigenvalue weighted by molar-refractivity contribution is 0.237. The molecule has 120 valence electrons. The molecule has 0 bridgehead atoms. The van der Waals surface area contributed by atoms with Crippen molar-refractivity contribution in [2.75, 3.05) is 39.0 Å². The summed E-state index contributed by atoms with van der Waals surface area (Å²) in [6, 6.07) is 0.806. The number of hydrogen-bond donors (Lipinski definition) is 1. The SMILES string of the molecule is CCN1CCCC1CN(C)S(=O)(=O)CCCNC(C)C. The molecule has 0 spiro atoms. The van der Waals surface area contributed by atoms with Gasteiger partial charge < -0.3 is 5.32 Å². The van der Waals surface area contributed by atoms with Gasteiger partial charge in [0.2, 0.25) is 10.0 Å². The number of likely N-dealkylation sites (tertiary alicyclic amines) is 1. The van der Waals surface area contributed by atoms with Crippen LogP contribution in [0.3, 0.4) is 0 Å². The molecule has 1 atom stereocenters. The summed E-state index contributed by atoms with van der Waals surface area (Å²) in [5.74, 6) is 0.238. The van der Waals surface area contributed by atoms with E-state index >= 15 is 0 Å². The minimum absolute atomic E-state index is 0.238. The number of hydrogen-bond acceptors (Lipinski definition) is 4. The number of sulfonamides is 1. The Morgan fingerprint density at radius 1 is 1.40 bits per heavy atom. The summed E-state index contributed by atoms with van der Waals surface area (Å²) < 4.78 is 26.0. The number of rotatable bonds is 9. The van der Waals surface area contributed by atoms with Gasteiger partial charge in [0.05, 0.1) is 5.75 Å². The minimum Gasteiger partial charge on any atom is -0.314 e. The van der Waals surface area contributed by atoms with Crippen LogP contribution in [0, 0.1) is 0 Å². The topological polar surface area (TPSA) is 52.7 Å². The van der Waals surface area contributed by atoms with E-state index < -0.39 is 10.0 Å². The van der Waals surface area contributed by atoms with E-state index in [1.165, 1.54) is 6.42 Å². The van der Waals surface area contributed by atoms with E-state index in [2.05, 4.69) is 31.0 Å². The Balaban J connectivity index is 2.38. The highest BCUT2D eigenvalue weighted by Gasteiger charge is 2.27. The average Bonchev–Trinajstić information content (AvgIpc) is 2.81. The van der Waals surface area contributed by atoms with Crippen LogP contribution in [-0.2, 0) is 10.0 Å². The predicted molar refractivity (Wildman–Crippen MR) is 84.4 cm³/mol. The van der Waals surface area contributed by atoms with Crippen molar-refractivity contribution in [3.8, 4) is 0 Å². The molecule has 1 aliphatic rings. The molecular formula is C14H31N3O2S. The molecule has 0 radical (unpaired) electrons. The maximum absolute atomic E-state index is 12.2. The van der Waals surface area contributed by atoms with Crippen LogP contribution < -0.4 is 5.32 Å². The van der Waals surface area contributed by atoms with Gasteiger partial charge in [-0.15, -0.1) is 0 Å². The largest absolute Gasteiger partial charge is 0.314 e. The highest BCUT2D eigenvalue weighted by atomic mass is 32.2. The molecule has 1 unspecified atom stereocenters. The van der Waals surface area contributed by atoms with E-state index in [4.69, 9.17) is 0 Å². The summed E-state index contributed by atoms with van der Waals surface area (Å²) >= 11 is 0. The third kappa shape index (κ3) is 5.68. The van der Waals surface area contributed by atoms with Gasteiger partial charge in [-0.3, -0.25) is 4.90 Å². The van der Waals surface area contributed by atoms with Crippen molar-refractivity contribution in [3.63, 3.8) is 0 Å². The zero-order valence-electron chi connectivity index (χ0n) is 13.4.